The molecule has 0 unspecified atom stereocenters. The van der Waals surface area contributed by atoms with Gasteiger partial charge in [-0.05, 0) is 66.7 Å². The summed E-state index contributed by atoms with van der Waals surface area (Å²) in [5.41, 5.74) is 7.38. The molecule has 0 atom stereocenters. The van der Waals surface area contributed by atoms with E-state index >= 15 is 0 Å². The fraction of sp³-hybridized carbons (Fsp3) is 0. The first kappa shape index (κ1) is 23.3. The van der Waals surface area contributed by atoms with E-state index in [2.05, 4.69) is 95.9 Å². The van der Waals surface area contributed by atoms with Crippen molar-refractivity contribution in [2.24, 2.45) is 0 Å². The number of hydrogen-bond donors (Lipinski definition) is 0. The highest BCUT2D eigenvalue weighted by Gasteiger charge is 2.21. The standard InChI is InChI=1S/C37H22N2O2S/c1-3-10-23(11-4-1)37-38-35-32(41-37)21-20-31-34(35)28-22-25(18-19-30(28)40-31)39(24-12-5-2-6-13-24)29-16-9-15-27-26-14-7-8-17-33(26)42-36(27)29/h1-22H. The van der Waals surface area contributed by atoms with Gasteiger partial charge >= 0.3 is 0 Å². The van der Waals surface area contributed by atoms with Crippen molar-refractivity contribution >= 4 is 81.6 Å². The molecule has 0 N–H and O–H groups in total. The smallest absolute Gasteiger partial charge is 0.227 e. The number of anilines is 3. The first-order valence-electron chi connectivity index (χ1n) is 13.9. The largest absolute Gasteiger partial charge is 0.456 e. The van der Waals surface area contributed by atoms with Gasteiger partial charge in [0.1, 0.15) is 16.7 Å². The minimum Gasteiger partial charge on any atom is -0.456 e. The van der Waals surface area contributed by atoms with Gasteiger partial charge in [0.25, 0.3) is 0 Å². The quantitative estimate of drug-likeness (QED) is 0.215. The van der Waals surface area contributed by atoms with E-state index in [-0.39, 0.29) is 0 Å². The zero-order valence-corrected chi connectivity index (χ0v) is 23.1. The molecular formula is C37H22N2O2S. The fourth-order valence-corrected chi connectivity index (χ4v) is 7.20. The fourth-order valence-electron chi connectivity index (χ4n) is 6.00. The van der Waals surface area contributed by atoms with Crippen LogP contribution in [0.15, 0.2) is 142 Å². The van der Waals surface area contributed by atoms with Crippen molar-refractivity contribution in [1.29, 1.82) is 0 Å². The van der Waals surface area contributed by atoms with Crippen LogP contribution in [0, 0.1) is 0 Å². The van der Waals surface area contributed by atoms with Gasteiger partial charge in [-0.15, -0.1) is 11.3 Å². The predicted molar refractivity (Wildman–Crippen MR) is 174 cm³/mol. The molecule has 0 fully saturated rings. The van der Waals surface area contributed by atoms with Gasteiger partial charge in [0.05, 0.1) is 15.8 Å². The van der Waals surface area contributed by atoms with Gasteiger partial charge in [0.2, 0.25) is 5.89 Å². The number of hydrogen-bond acceptors (Lipinski definition) is 5. The van der Waals surface area contributed by atoms with Crippen molar-refractivity contribution in [3.63, 3.8) is 0 Å². The normalized spacial score (nSPS) is 11.8. The Labute approximate surface area is 244 Å². The summed E-state index contributed by atoms with van der Waals surface area (Å²) in [7, 11) is 0. The lowest BCUT2D eigenvalue weighted by Crippen LogP contribution is -2.09. The Kier molecular flexibility index (Phi) is 5.03. The summed E-state index contributed by atoms with van der Waals surface area (Å²) in [6, 6.07) is 46.1. The van der Waals surface area contributed by atoms with E-state index in [0.29, 0.717) is 5.89 Å². The molecule has 6 aromatic carbocycles. The van der Waals surface area contributed by atoms with Gasteiger partial charge < -0.3 is 13.7 Å². The minimum atomic E-state index is 0.603. The van der Waals surface area contributed by atoms with Crippen LogP contribution in [0.25, 0.3) is 64.7 Å². The first-order chi connectivity index (χ1) is 20.8. The number of para-hydroxylation sites is 1. The van der Waals surface area contributed by atoms with Crippen LogP contribution >= 0.6 is 11.3 Å². The third kappa shape index (κ3) is 3.51. The Balaban J connectivity index is 1.30. The average Bonchev–Trinajstić information content (AvgIpc) is 3.75. The summed E-state index contributed by atoms with van der Waals surface area (Å²) >= 11 is 1.83. The van der Waals surface area contributed by atoms with Gasteiger partial charge in [-0.25, -0.2) is 4.98 Å². The number of rotatable bonds is 4. The molecule has 198 valence electrons. The van der Waals surface area contributed by atoms with E-state index in [1.54, 1.807) is 0 Å². The van der Waals surface area contributed by atoms with E-state index in [9.17, 15) is 0 Å². The molecule has 3 aromatic heterocycles. The number of nitrogens with zero attached hydrogens (tertiary/aromatic N) is 2. The van der Waals surface area contributed by atoms with Gasteiger partial charge in [-0.1, -0.05) is 66.7 Å². The Morgan fingerprint density at radius 2 is 1.29 bits per heavy atom. The summed E-state index contributed by atoms with van der Waals surface area (Å²) in [6.07, 6.45) is 0. The molecule has 0 radical (unpaired) electrons. The highest BCUT2D eigenvalue weighted by Crippen LogP contribution is 2.46. The van der Waals surface area contributed by atoms with Crippen LogP contribution in [0.2, 0.25) is 0 Å². The Morgan fingerprint density at radius 1 is 0.548 bits per heavy atom. The van der Waals surface area contributed by atoms with Crippen molar-refractivity contribution < 1.29 is 8.83 Å². The monoisotopic (exact) mass is 558 g/mol. The van der Waals surface area contributed by atoms with Crippen LogP contribution in [-0.4, -0.2) is 4.98 Å². The minimum absolute atomic E-state index is 0.603. The molecule has 0 amide bonds. The molecule has 0 aliphatic heterocycles. The lowest BCUT2D eigenvalue weighted by atomic mass is 10.1. The molecular weight excluding hydrogens is 536 g/mol. The van der Waals surface area contributed by atoms with Crippen LogP contribution in [0.3, 0.4) is 0 Å². The van der Waals surface area contributed by atoms with E-state index in [0.717, 1.165) is 55.7 Å². The van der Waals surface area contributed by atoms with E-state index in [1.165, 1.54) is 20.2 Å². The maximum absolute atomic E-state index is 6.33. The zero-order valence-electron chi connectivity index (χ0n) is 22.3. The zero-order chi connectivity index (χ0) is 27.6. The van der Waals surface area contributed by atoms with Crippen LogP contribution in [0.4, 0.5) is 17.1 Å². The lowest BCUT2D eigenvalue weighted by molar-refractivity contribution is 0.619. The average molecular weight is 559 g/mol. The third-order valence-electron chi connectivity index (χ3n) is 7.89. The molecule has 4 nitrogen and oxygen atoms in total. The Hall–Kier alpha value is -5.39. The van der Waals surface area contributed by atoms with Crippen LogP contribution in [0.1, 0.15) is 0 Å². The predicted octanol–water partition coefficient (Wildman–Crippen LogP) is 11.2. The molecule has 0 aliphatic rings. The first-order valence-corrected chi connectivity index (χ1v) is 14.7. The molecule has 9 rings (SSSR count). The van der Waals surface area contributed by atoms with Crippen molar-refractivity contribution in [3.8, 4) is 11.5 Å². The van der Waals surface area contributed by atoms with E-state index in [4.69, 9.17) is 13.8 Å². The summed E-state index contributed by atoms with van der Waals surface area (Å²) in [6.45, 7) is 0. The van der Waals surface area contributed by atoms with Gasteiger partial charge in [-0.2, -0.15) is 0 Å². The summed E-state index contributed by atoms with van der Waals surface area (Å²) < 4.78 is 15.1. The third-order valence-corrected chi connectivity index (χ3v) is 9.10. The van der Waals surface area contributed by atoms with E-state index in [1.807, 2.05) is 53.8 Å². The molecule has 0 saturated carbocycles. The van der Waals surface area contributed by atoms with Crippen LogP contribution in [0.5, 0.6) is 0 Å². The molecule has 0 aliphatic carbocycles. The van der Waals surface area contributed by atoms with Gasteiger partial charge in [0, 0.05) is 37.8 Å². The highest BCUT2D eigenvalue weighted by atomic mass is 32.1. The Morgan fingerprint density at radius 3 is 2.17 bits per heavy atom. The number of fused-ring (bicyclic) bond motifs is 8. The molecule has 0 spiro atoms. The maximum atomic E-state index is 6.33. The van der Waals surface area contributed by atoms with Crippen molar-refractivity contribution in [3.05, 3.63) is 133 Å². The number of thiophene rings is 1. The van der Waals surface area contributed by atoms with Crippen molar-refractivity contribution in [2.75, 3.05) is 4.90 Å². The topological polar surface area (TPSA) is 42.4 Å². The van der Waals surface area contributed by atoms with Gasteiger partial charge in [-0.3, -0.25) is 0 Å². The summed E-state index contributed by atoms with van der Waals surface area (Å²) in [4.78, 5) is 7.29. The second kappa shape index (κ2) is 9.06. The van der Waals surface area contributed by atoms with Crippen molar-refractivity contribution in [2.45, 2.75) is 0 Å². The van der Waals surface area contributed by atoms with E-state index < -0.39 is 0 Å². The van der Waals surface area contributed by atoms with Gasteiger partial charge in [0.15, 0.2) is 5.58 Å². The molecule has 5 heteroatoms. The molecule has 0 bridgehead atoms. The lowest BCUT2D eigenvalue weighted by Gasteiger charge is -2.26. The second-order valence-corrected chi connectivity index (χ2v) is 11.4. The Bertz CT molecular complexity index is 2420. The molecule has 3 heterocycles. The maximum Gasteiger partial charge on any atom is 0.227 e. The highest BCUT2D eigenvalue weighted by molar-refractivity contribution is 7.26. The second-order valence-electron chi connectivity index (χ2n) is 10.4. The summed E-state index contributed by atoms with van der Waals surface area (Å²) in [5.74, 6) is 0.603. The number of furan rings is 1. The molecule has 42 heavy (non-hydrogen) atoms. The van der Waals surface area contributed by atoms with Crippen LogP contribution < -0.4 is 4.90 Å². The number of benzene rings is 6. The molecule has 9 aromatic rings. The van der Waals surface area contributed by atoms with Crippen molar-refractivity contribution in [1.82, 2.24) is 4.98 Å². The number of oxazole rings is 1. The summed E-state index contributed by atoms with van der Waals surface area (Å²) in [5, 5.41) is 4.52. The number of aromatic nitrogens is 1. The SMILES string of the molecule is c1ccc(-c2nc3c(ccc4oc5ccc(N(c6ccccc6)c6cccc7c6sc6ccccc67)cc5c43)o2)cc1. The van der Waals surface area contributed by atoms with Crippen LogP contribution in [-0.2, 0) is 0 Å². The molecule has 0 saturated heterocycles.